The van der Waals surface area contributed by atoms with Crippen LogP contribution in [0.1, 0.15) is 113 Å². The molecule has 6 saturated heterocycles. The lowest BCUT2D eigenvalue weighted by atomic mass is 9.33. The fourth-order valence-electron chi connectivity index (χ4n) is 19.1. The normalized spacial score (nSPS) is 53.5. The molecule has 10 fully saturated rings. The standard InChI is InChI=1S/C65H100O34/c1-23-45(93-52-41(78)34(71)27(69)21-87-52)40(77)44(81)53(88-23)97-50-49(96-54-42(79)36(73)29(20-67)91-54)46(98-59(85)86)24(2)89-57(50)99-58(84)65-16-15-60(3,4)17-26(65)25-9-10-31-61(5)13-12-33(62(6,22-68)30(61)11-14-63(31,7)64(25,8)18-32(65)70)92-56-48(39(76)38(75)47(94-56)51(82)83)95-55-43(80)37(74)35(72)28(19-66)90-55/h9,22-24,26-50,52-57,66-67,69-81H,10-21H2,1-8H3,(H,82,83)(H,85,86)/t23-,24+,26-,27+,28+,29+,30-,31-,32+,33-,34-,35+,36+,37-,38-,39-,40-,41+,42+,43+,44+,45-,46+,47-,48+,49-,50+,52-,53-,54-,55-,56+,57-,61-,62-,63+,64+,65+/m0/s1. The van der Waals surface area contributed by atoms with E-state index in [1.807, 2.05) is 13.8 Å². The van der Waals surface area contributed by atoms with Crippen LogP contribution in [0.2, 0.25) is 0 Å². The minimum Gasteiger partial charge on any atom is -0.479 e. The van der Waals surface area contributed by atoms with Gasteiger partial charge in [-0.1, -0.05) is 53.2 Å². The molecule has 17 N–H and O–H groups in total. The fourth-order valence-corrected chi connectivity index (χ4v) is 19.1. The predicted octanol–water partition coefficient (Wildman–Crippen LogP) is -4.11. The zero-order valence-electron chi connectivity index (χ0n) is 56.2. The first-order valence-corrected chi connectivity index (χ1v) is 34.1. The lowest BCUT2D eigenvalue weighted by Crippen LogP contribution is -2.69. The molecule has 0 aromatic rings. The number of carboxylic acid groups (broad SMARTS) is 2. The summed E-state index contributed by atoms with van der Waals surface area (Å²) in [6.07, 6.45) is -49.6. The Labute approximate surface area is 569 Å². The topological polar surface area (TPSA) is 532 Å². The van der Waals surface area contributed by atoms with Crippen LogP contribution < -0.4 is 0 Å². The predicted molar refractivity (Wildman–Crippen MR) is 322 cm³/mol. The first kappa shape index (κ1) is 76.7. The van der Waals surface area contributed by atoms with Crippen LogP contribution in [0.5, 0.6) is 0 Å². The molecule has 0 radical (unpaired) electrons. The van der Waals surface area contributed by atoms with Gasteiger partial charge in [-0.05, 0) is 111 Å². The molecule has 0 spiro atoms. The van der Waals surface area contributed by atoms with Crippen LogP contribution in [0.3, 0.4) is 0 Å². The number of rotatable bonds is 17. The van der Waals surface area contributed by atoms with Gasteiger partial charge in [-0.15, -0.1) is 0 Å². The maximum Gasteiger partial charge on any atom is 0.506 e. The monoisotopic (exact) mass is 1420 g/mol. The lowest BCUT2D eigenvalue weighted by molar-refractivity contribution is -0.382. The van der Waals surface area contributed by atoms with E-state index in [4.69, 9.17) is 61.6 Å². The highest BCUT2D eigenvalue weighted by Crippen LogP contribution is 2.76. The number of hydrogen-bond donors (Lipinski definition) is 17. The average Bonchev–Trinajstić information content (AvgIpc) is 1.09. The van der Waals surface area contributed by atoms with E-state index >= 15 is 4.79 Å². The minimum absolute atomic E-state index is 0.0000297. The Morgan fingerprint density at radius 2 is 1.09 bits per heavy atom. The number of aliphatic carboxylic acids is 1. The Morgan fingerprint density at radius 3 is 1.72 bits per heavy atom. The number of hydrogen-bond acceptors (Lipinski definition) is 32. The molecule has 0 amide bonds. The fraction of sp³-hybridized carbons (Fsp3) is 0.908. The van der Waals surface area contributed by atoms with E-state index in [-0.39, 0.29) is 25.2 Å². The number of fused-ring (bicyclic) bond motifs is 7. The van der Waals surface area contributed by atoms with Crippen molar-refractivity contribution in [3.63, 3.8) is 0 Å². The number of esters is 1. The Hall–Kier alpha value is -3.42. The van der Waals surface area contributed by atoms with Crippen molar-refractivity contribution in [2.75, 3.05) is 19.8 Å². The third-order valence-corrected chi connectivity index (χ3v) is 25.0. The van der Waals surface area contributed by atoms with E-state index in [0.29, 0.717) is 38.5 Å². The summed E-state index contributed by atoms with van der Waals surface area (Å²) in [4.78, 5) is 55.1. The average molecular weight is 1430 g/mol. The van der Waals surface area contributed by atoms with Crippen molar-refractivity contribution < 1.29 is 168 Å². The zero-order valence-corrected chi connectivity index (χ0v) is 56.2. The van der Waals surface area contributed by atoms with Gasteiger partial charge < -0.3 is 153 Å². The molecule has 34 nitrogen and oxygen atoms in total. The third-order valence-electron chi connectivity index (χ3n) is 25.0. The first-order chi connectivity index (χ1) is 46.4. The van der Waals surface area contributed by atoms with E-state index in [0.717, 1.165) is 11.9 Å². The molecule has 4 saturated carbocycles. The molecule has 99 heavy (non-hydrogen) atoms. The van der Waals surface area contributed by atoms with Gasteiger partial charge in [0.15, 0.2) is 49.8 Å². The van der Waals surface area contributed by atoms with Gasteiger partial charge in [0.05, 0.1) is 49.7 Å². The van der Waals surface area contributed by atoms with Crippen molar-refractivity contribution in [2.45, 2.75) is 297 Å². The molecular weight excluding hydrogens is 1320 g/mol. The van der Waals surface area contributed by atoms with E-state index in [2.05, 4.69) is 26.8 Å². The van der Waals surface area contributed by atoms with Crippen molar-refractivity contribution in [1.29, 1.82) is 0 Å². The number of aldehydes is 1. The summed E-state index contributed by atoms with van der Waals surface area (Å²) in [5.74, 6) is -4.09. The molecule has 38 atom stereocenters. The molecule has 11 rings (SSSR count). The zero-order chi connectivity index (χ0) is 72.5. The van der Waals surface area contributed by atoms with Gasteiger partial charge in [-0.25, -0.2) is 9.59 Å². The van der Waals surface area contributed by atoms with Crippen LogP contribution in [-0.2, 0) is 76.0 Å². The molecule has 5 aliphatic carbocycles. The quantitative estimate of drug-likeness (QED) is 0.0285. The smallest absolute Gasteiger partial charge is 0.479 e. The number of aliphatic hydroxyl groups excluding tert-OH is 15. The van der Waals surface area contributed by atoms with Gasteiger partial charge in [0.1, 0.15) is 115 Å². The summed E-state index contributed by atoms with van der Waals surface area (Å²) in [5, 5.41) is 185. The number of allylic oxidation sites excluding steroid dienone is 2. The third kappa shape index (κ3) is 13.0. The summed E-state index contributed by atoms with van der Waals surface area (Å²) >= 11 is 0. The first-order valence-electron chi connectivity index (χ1n) is 34.1. The van der Waals surface area contributed by atoms with Gasteiger partial charge in [0.2, 0.25) is 6.29 Å². The lowest BCUT2D eigenvalue weighted by Gasteiger charge is -2.71. The van der Waals surface area contributed by atoms with Crippen molar-refractivity contribution >= 4 is 24.4 Å². The van der Waals surface area contributed by atoms with Crippen LogP contribution in [0.4, 0.5) is 4.79 Å². The van der Waals surface area contributed by atoms with Crippen molar-refractivity contribution in [1.82, 2.24) is 0 Å². The van der Waals surface area contributed by atoms with Crippen LogP contribution in [0, 0.1) is 50.2 Å². The Kier molecular flexibility index (Phi) is 22.1. The molecule has 564 valence electrons. The summed E-state index contributed by atoms with van der Waals surface area (Å²) in [7, 11) is 0. The highest BCUT2D eigenvalue weighted by atomic mass is 16.8. The van der Waals surface area contributed by atoms with E-state index in [9.17, 15) is 101 Å². The largest absolute Gasteiger partial charge is 0.506 e. The Balaban J connectivity index is 0.890. The van der Waals surface area contributed by atoms with E-state index in [1.54, 1.807) is 6.92 Å². The number of carbonyl (C=O) groups excluding carboxylic acids is 2. The second kappa shape index (κ2) is 28.5. The molecule has 0 bridgehead atoms. The minimum atomic E-state index is -2.13. The molecule has 0 aromatic carbocycles. The van der Waals surface area contributed by atoms with Crippen molar-refractivity contribution in [2.24, 2.45) is 50.2 Å². The maximum absolute atomic E-state index is 16.1. The number of carbonyl (C=O) groups is 4. The molecule has 6 aliphatic heterocycles. The Bertz CT molecular complexity index is 2920. The molecule has 11 aliphatic rings. The van der Waals surface area contributed by atoms with E-state index < -0.39 is 266 Å². The number of carboxylic acids is 1. The molecule has 6 heterocycles. The van der Waals surface area contributed by atoms with Gasteiger partial charge in [-0.3, -0.25) is 4.79 Å². The van der Waals surface area contributed by atoms with Gasteiger partial charge in [0, 0.05) is 0 Å². The van der Waals surface area contributed by atoms with Gasteiger partial charge in [0.25, 0.3) is 0 Å². The highest BCUT2D eigenvalue weighted by molar-refractivity contribution is 5.80. The molecule has 0 unspecified atom stereocenters. The maximum atomic E-state index is 16.1. The van der Waals surface area contributed by atoms with Crippen molar-refractivity contribution in [3.05, 3.63) is 11.6 Å². The Morgan fingerprint density at radius 1 is 0.535 bits per heavy atom. The van der Waals surface area contributed by atoms with Gasteiger partial charge in [-0.2, -0.15) is 0 Å². The highest BCUT2D eigenvalue weighted by Gasteiger charge is 2.73. The second-order valence-corrected chi connectivity index (χ2v) is 31.1. The number of ether oxygens (including phenoxy) is 13. The molecule has 0 aromatic heterocycles. The van der Waals surface area contributed by atoms with Crippen molar-refractivity contribution in [3.8, 4) is 0 Å². The molecular formula is C65H100O34. The second-order valence-electron chi connectivity index (χ2n) is 31.1. The summed E-state index contributed by atoms with van der Waals surface area (Å²) < 4.78 is 77.8. The summed E-state index contributed by atoms with van der Waals surface area (Å²) in [5.41, 5.74) is -4.94. The molecule has 34 heteroatoms. The SMILES string of the molecule is C[C@@H]1O[C@@H](O[C@H]2[C@H](OC(=O)[C@]34CCC(C)(C)C[C@H]3C3=CC[C@H]5[C@@]6(C)CC[C@H](O[C@@H]7O[C@H](C(=O)O)[C@@H](O)[C@H](O)[C@H]7O[C@@H]7O[C@H](CO)[C@@H](O)[C@H](O)[C@H]7O)[C@@](C)(C=O)[C@H]6CC[C@@]5(C)[C@]3(C)C[C@H]4O)O[C@H](C)[C@@H](OC(=O)O)[C@@H]2O[C@@H]2O[C@H](CO)[C@@H](O)[C@H]2O)[C@H](O)[C@H](O)[C@H]1O[C@@H]1OC[C@@H](O)[C@H](O)[C@H]1O. The van der Waals surface area contributed by atoms with Crippen LogP contribution >= 0.6 is 0 Å². The summed E-state index contributed by atoms with van der Waals surface area (Å²) in [6, 6.07) is 0. The summed E-state index contributed by atoms with van der Waals surface area (Å²) in [6.45, 7) is 12.7. The number of aliphatic hydroxyl groups is 15. The van der Waals surface area contributed by atoms with Crippen LogP contribution in [0.15, 0.2) is 11.6 Å². The van der Waals surface area contributed by atoms with Crippen LogP contribution in [-0.4, -0.2) is 315 Å². The van der Waals surface area contributed by atoms with E-state index in [1.165, 1.54) is 13.8 Å². The van der Waals surface area contributed by atoms with Crippen LogP contribution in [0.25, 0.3) is 0 Å². The van der Waals surface area contributed by atoms with Gasteiger partial charge >= 0.3 is 18.1 Å².